The molecule has 3 aliphatic rings. The highest BCUT2D eigenvalue weighted by Crippen LogP contribution is 2.42. The summed E-state index contributed by atoms with van der Waals surface area (Å²) >= 11 is 0. The molecule has 1 saturated heterocycles. The number of aromatic amines is 1. The van der Waals surface area contributed by atoms with Gasteiger partial charge in [-0.3, -0.25) is 14.7 Å². The maximum absolute atomic E-state index is 15.3. The van der Waals surface area contributed by atoms with Gasteiger partial charge >= 0.3 is 0 Å². The fourth-order valence-electron chi connectivity index (χ4n) is 6.78. The predicted molar refractivity (Wildman–Crippen MR) is 182 cm³/mol. The SMILES string of the molecule is CCc1cc(Nc2nc3c(ncn3CCCCCN3CCN(c4nc5c(cc4F)C(O)C(C(=O)[O-])=CN5C4CC4)CC3)c(=O)[nH]2)ccc1C. The molecule has 0 spiro atoms. The minimum Gasteiger partial charge on any atom is -0.545 e. The first-order chi connectivity index (χ1) is 23.7. The van der Waals surface area contributed by atoms with E-state index >= 15 is 4.39 Å². The molecule has 1 atom stereocenters. The maximum Gasteiger partial charge on any atom is 0.280 e. The minimum atomic E-state index is -1.48. The quantitative estimate of drug-likeness (QED) is 0.190. The molecule has 0 bridgehead atoms. The number of anilines is 4. The van der Waals surface area contributed by atoms with E-state index in [0.717, 1.165) is 63.8 Å². The summed E-state index contributed by atoms with van der Waals surface area (Å²) in [5, 5.41) is 25.4. The number of piperazine rings is 1. The maximum atomic E-state index is 15.3. The number of pyridine rings is 1. The van der Waals surface area contributed by atoms with Crippen molar-refractivity contribution in [2.75, 3.05) is 47.8 Å². The van der Waals surface area contributed by atoms with E-state index in [1.165, 1.54) is 23.4 Å². The zero-order valence-electron chi connectivity index (χ0n) is 27.8. The summed E-state index contributed by atoms with van der Waals surface area (Å²) < 4.78 is 17.3. The number of benzene rings is 1. The Balaban J connectivity index is 0.912. The monoisotopic (exact) mass is 670 g/mol. The lowest BCUT2D eigenvalue weighted by molar-refractivity contribution is -0.300. The van der Waals surface area contributed by atoms with Crippen LogP contribution in [0, 0.1) is 12.7 Å². The van der Waals surface area contributed by atoms with Gasteiger partial charge in [0, 0.05) is 61.8 Å². The molecule has 7 rings (SSSR count). The fourth-order valence-corrected chi connectivity index (χ4v) is 6.78. The third-order valence-corrected chi connectivity index (χ3v) is 9.77. The van der Waals surface area contributed by atoms with Gasteiger partial charge in [-0.15, -0.1) is 0 Å². The van der Waals surface area contributed by atoms with Gasteiger partial charge in [0.25, 0.3) is 5.56 Å². The molecule has 0 radical (unpaired) electrons. The summed E-state index contributed by atoms with van der Waals surface area (Å²) in [4.78, 5) is 46.8. The molecule has 14 heteroatoms. The molecule has 4 aromatic rings. The molecule has 49 heavy (non-hydrogen) atoms. The average Bonchev–Trinajstić information content (AvgIpc) is 3.85. The van der Waals surface area contributed by atoms with Crippen LogP contribution in [0.1, 0.15) is 61.8 Å². The molecule has 3 aromatic heterocycles. The number of nitrogens with one attached hydrogen (secondary N) is 2. The number of fused-ring (bicyclic) bond motifs is 2. The molecule has 1 aromatic carbocycles. The van der Waals surface area contributed by atoms with Gasteiger partial charge in [-0.1, -0.05) is 19.4 Å². The molecule has 13 nitrogen and oxygen atoms in total. The smallest absolute Gasteiger partial charge is 0.280 e. The highest BCUT2D eigenvalue weighted by atomic mass is 19.1. The van der Waals surface area contributed by atoms with E-state index in [0.29, 0.717) is 42.6 Å². The zero-order valence-corrected chi connectivity index (χ0v) is 27.8. The number of carbonyl (C=O) groups is 1. The lowest BCUT2D eigenvalue weighted by atomic mass is 9.98. The number of halogens is 1. The molecule has 2 fully saturated rings. The van der Waals surface area contributed by atoms with Crippen LogP contribution in [0.15, 0.2) is 47.2 Å². The fraction of sp³-hybridized carbons (Fsp3) is 0.457. The first kappa shape index (κ1) is 32.7. The van der Waals surface area contributed by atoms with Crippen LogP contribution in [-0.2, 0) is 17.8 Å². The summed E-state index contributed by atoms with van der Waals surface area (Å²) in [5.74, 6) is -1.03. The van der Waals surface area contributed by atoms with Gasteiger partial charge in [0.15, 0.2) is 22.8 Å². The van der Waals surface area contributed by atoms with Gasteiger partial charge < -0.3 is 34.7 Å². The van der Waals surface area contributed by atoms with Crippen LogP contribution in [0.2, 0.25) is 0 Å². The number of nitrogens with zero attached hydrogens (tertiary/aromatic N) is 7. The Hall–Kier alpha value is -4.82. The Kier molecular flexibility index (Phi) is 9.07. The summed E-state index contributed by atoms with van der Waals surface area (Å²) in [6.07, 6.45) is 7.14. The number of carboxylic acids is 1. The van der Waals surface area contributed by atoms with Crippen LogP contribution in [0.25, 0.3) is 11.2 Å². The second-order valence-electron chi connectivity index (χ2n) is 13.2. The number of rotatable bonds is 12. The van der Waals surface area contributed by atoms with Crippen molar-refractivity contribution in [3.63, 3.8) is 0 Å². The largest absolute Gasteiger partial charge is 0.545 e. The number of aryl methyl sites for hydroxylation is 3. The van der Waals surface area contributed by atoms with Gasteiger partial charge in [0.2, 0.25) is 5.95 Å². The van der Waals surface area contributed by atoms with Crippen molar-refractivity contribution in [3.8, 4) is 0 Å². The van der Waals surface area contributed by atoms with Crippen LogP contribution in [0.5, 0.6) is 0 Å². The topological polar surface area (TPSA) is 159 Å². The second-order valence-corrected chi connectivity index (χ2v) is 13.2. The standard InChI is InChI=1S/C35H42FN9O4/c1-3-22-17-23(8-7-21(22)2)38-35-40-32-28(33(47)41-35)37-20-44(32)12-6-4-5-11-42-13-15-43(16-14-42)31-27(36)18-25-29(46)26(34(48)49)19-45(24-9-10-24)30(25)39-31/h7-8,17-20,24,29,46H,3-6,9-16H2,1-2H3,(H,48,49)(H2,38,40,41,47)/p-1. The average molecular weight is 671 g/mol. The van der Waals surface area contributed by atoms with E-state index < -0.39 is 17.9 Å². The van der Waals surface area contributed by atoms with Crippen LogP contribution in [-0.4, -0.2) is 79.2 Å². The van der Waals surface area contributed by atoms with Gasteiger partial charge in [0.1, 0.15) is 11.9 Å². The Morgan fingerprint density at radius 3 is 2.59 bits per heavy atom. The van der Waals surface area contributed by atoms with Gasteiger partial charge in [-0.2, -0.15) is 4.98 Å². The van der Waals surface area contributed by atoms with Crippen molar-refractivity contribution in [2.45, 2.75) is 71.1 Å². The first-order valence-corrected chi connectivity index (χ1v) is 17.1. The molecule has 1 unspecified atom stereocenters. The van der Waals surface area contributed by atoms with Gasteiger partial charge in [-0.05, 0) is 74.9 Å². The Morgan fingerprint density at radius 2 is 1.86 bits per heavy atom. The van der Waals surface area contributed by atoms with Crippen molar-refractivity contribution < 1.29 is 19.4 Å². The zero-order chi connectivity index (χ0) is 34.2. The molecule has 2 aliphatic heterocycles. The van der Waals surface area contributed by atoms with Gasteiger partial charge in [-0.25, -0.2) is 14.4 Å². The van der Waals surface area contributed by atoms with Crippen molar-refractivity contribution in [1.29, 1.82) is 0 Å². The highest BCUT2D eigenvalue weighted by Gasteiger charge is 2.37. The van der Waals surface area contributed by atoms with Crippen LogP contribution in [0.3, 0.4) is 0 Å². The Bertz CT molecular complexity index is 1960. The normalized spacial score (nSPS) is 18.1. The van der Waals surface area contributed by atoms with Crippen LogP contribution in [0.4, 0.5) is 27.7 Å². The van der Waals surface area contributed by atoms with Crippen molar-refractivity contribution >= 4 is 40.4 Å². The third-order valence-electron chi connectivity index (χ3n) is 9.77. The van der Waals surface area contributed by atoms with Crippen molar-refractivity contribution in [2.24, 2.45) is 0 Å². The number of aliphatic hydroxyl groups is 1. The number of unbranched alkanes of at least 4 members (excludes halogenated alkanes) is 2. The molecular weight excluding hydrogens is 629 g/mol. The van der Waals surface area contributed by atoms with Crippen molar-refractivity contribution in [1.82, 2.24) is 29.4 Å². The lowest BCUT2D eigenvalue weighted by Crippen LogP contribution is -2.47. The van der Waals surface area contributed by atoms with Crippen molar-refractivity contribution in [3.05, 3.63) is 75.2 Å². The van der Waals surface area contributed by atoms with E-state index in [2.05, 4.69) is 56.1 Å². The first-order valence-electron chi connectivity index (χ1n) is 17.1. The number of imidazole rings is 1. The third kappa shape index (κ3) is 6.75. The summed E-state index contributed by atoms with van der Waals surface area (Å²) in [7, 11) is 0. The molecule has 0 amide bonds. The second kappa shape index (κ2) is 13.6. The summed E-state index contributed by atoms with van der Waals surface area (Å²) in [5.41, 5.74) is 3.80. The van der Waals surface area contributed by atoms with E-state index in [4.69, 9.17) is 0 Å². The van der Waals surface area contributed by atoms with E-state index in [-0.39, 0.29) is 28.6 Å². The van der Waals surface area contributed by atoms with E-state index in [1.54, 1.807) is 11.2 Å². The van der Waals surface area contributed by atoms with Gasteiger partial charge in [0.05, 0.1) is 12.3 Å². The number of hydrogen-bond donors (Lipinski definition) is 3. The Labute approximate surface area is 283 Å². The number of carbonyl (C=O) groups excluding carboxylic acids is 1. The molecular formula is C35H41FN9O4-. The number of carboxylic acid groups (broad SMARTS) is 1. The molecule has 5 heterocycles. The van der Waals surface area contributed by atoms with E-state index in [9.17, 15) is 19.8 Å². The molecule has 258 valence electrons. The minimum absolute atomic E-state index is 0.0855. The summed E-state index contributed by atoms with van der Waals surface area (Å²) in [6.45, 7) is 8.54. The number of aromatic nitrogens is 5. The molecule has 1 saturated carbocycles. The highest BCUT2D eigenvalue weighted by molar-refractivity contribution is 5.89. The number of aliphatic hydroxyl groups excluding tert-OH is 1. The number of hydrogen-bond acceptors (Lipinski definition) is 11. The Morgan fingerprint density at radius 1 is 1.08 bits per heavy atom. The van der Waals surface area contributed by atoms with E-state index in [1.807, 2.05) is 15.5 Å². The van der Waals surface area contributed by atoms with Crippen LogP contribution >= 0.6 is 0 Å². The van der Waals surface area contributed by atoms with Crippen LogP contribution < -0.4 is 25.8 Å². The number of aliphatic carboxylic acids is 1. The molecule has 1 aliphatic carbocycles. The molecule has 3 N–H and O–H groups in total. The number of H-pyrrole nitrogens is 1. The predicted octanol–water partition coefficient (Wildman–Crippen LogP) is 2.91. The lowest BCUT2D eigenvalue weighted by Gasteiger charge is -2.37. The summed E-state index contributed by atoms with van der Waals surface area (Å²) in [6, 6.07) is 7.41.